The lowest BCUT2D eigenvalue weighted by atomic mass is 10.1. The molecule has 1 aliphatic rings. The van der Waals surface area contributed by atoms with E-state index in [1.807, 2.05) is 49.4 Å². The van der Waals surface area contributed by atoms with Gasteiger partial charge in [-0.3, -0.25) is 9.69 Å². The third kappa shape index (κ3) is 3.84. The fraction of sp³-hybridized carbons (Fsp3) is 0.167. The largest absolute Gasteiger partial charge is 0.486 e. The van der Waals surface area contributed by atoms with Crippen LogP contribution in [-0.4, -0.2) is 24.1 Å². The number of halogens is 1. The Balaban J connectivity index is 1.57. The highest BCUT2D eigenvalue weighted by molar-refractivity contribution is 7.22. The van der Waals surface area contributed by atoms with Crippen LogP contribution in [0.3, 0.4) is 0 Å². The fourth-order valence-corrected chi connectivity index (χ4v) is 4.70. The Labute approximate surface area is 188 Å². The van der Waals surface area contributed by atoms with Crippen LogP contribution in [0.25, 0.3) is 10.2 Å². The quantitative estimate of drug-likeness (QED) is 0.390. The van der Waals surface area contributed by atoms with E-state index in [1.165, 1.54) is 11.3 Å². The van der Waals surface area contributed by atoms with Gasteiger partial charge in [0.05, 0.1) is 16.8 Å². The third-order valence-electron chi connectivity index (χ3n) is 5.19. The van der Waals surface area contributed by atoms with Crippen LogP contribution < -0.4 is 14.4 Å². The summed E-state index contributed by atoms with van der Waals surface area (Å²) in [6.07, 6.45) is 0. The van der Waals surface area contributed by atoms with E-state index >= 15 is 0 Å². The molecule has 5 nitrogen and oxygen atoms in total. The normalized spacial score (nSPS) is 12.7. The first-order chi connectivity index (χ1) is 15.1. The number of thiazole rings is 1. The van der Waals surface area contributed by atoms with Crippen molar-refractivity contribution in [2.75, 3.05) is 18.1 Å². The summed E-state index contributed by atoms with van der Waals surface area (Å²) in [4.78, 5) is 20.1. The third-order valence-corrected chi connectivity index (χ3v) is 6.64. The predicted molar refractivity (Wildman–Crippen MR) is 124 cm³/mol. The SMILES string of the molecule is Cc1c(Cl)ccc2sc(N(Cc3ccccc3)C(=O)c3ccc4c(c3)OCCO4)nc12. The molecule has 0 fully saturated rings. The first kappa shape index (κ1) is 19.8. The Bertz CT molecular complexity index is 1270. The molecule has 0 N–H and O–H groups in total. The highest BCUT2D eigenvalue weighted by atomic mass is 35.5. The maximum Gasteiger partial charge on any atom is 0.260 e. The van der Waals surface area contributed by atoms with Gasteiger partial charge in [-0.25, -0.2) is 4.98 Å². The van der Waals surface area contributed by atoms with E-state index in [9.17, 15) is 4.79 Å². The lowest BCUT2D eigenvalue weighted by Gasteiger charge is -2.22. The highest BCUT2D eigenvalue weighted by Gasteiger charge is 2.24. The van der Waals surface area contributed by atoms with Crippen LogP contribution in [0.5, 0.6) is 11.5 Å². The summed E-state index contributed by atoms with van der Waals surface area (Å²) in [5.74, 6) is 1.09. The molecule has 1 aromatic heterocycles. The molecule has 7 heteroatoms. The monoisotopic (exact) mass is 450 g/mol. The Morgan fingerprint density at radius 2 is 1.84 bits per heavy atom. The van der Waals surface area contributed by atoms with E-state index in [2.05, 4.69) is 0 Å². The molecule has 3 aromatic carbocycles. The fourth-order valence-electron chi connectivity index (χ4n) is 3.53. The number of anilines is 1. The Morgan fingerprint density at radius 3 is 2.65 bits per heavy atom. The topological polar surface area (TPSA) is 51.7 Å². The van der Waals surface area contributed by atoms with Crippen molar-refractivity contribution in [1.29, 1.82) is 0 Å². The van der Waals surface area contributed by atoms with Crippen LogP contribution in [0.2, 0.25) is 5.02 Å². The molecule has 0 radical (unpaired) electrons. The van der Waals surface area contributed by atoms with Crippen molar-refractivity contribution >= 4 is 44.2 Å². The van der Waals surface area contributed by atoms with Gasteiger partial charge in [-0.1, -0.05) is 53.3 Å². The number of fused-ring (bicyclic) bond motifs is 2. The molecule has 4 aromatic rings. The van der Waals surface area contributed by atoms with Crippen molar-refractivity contribution in [2.24, 2.45) is 0 Å². The van der Waals surface area contributed by atoms with Gasteiger partial charge >= 0.3 is 0 Å². The number of aromatic nitrogens is 1. The first-order valence-corrected chi connectivity index (χ1v) is 11.1. The second-order valence-electron chi connectivity index (χ2n) is 7.25. The molecular formula is C24H19ClN2O3S. The van der Waals surface area contributed by atoms with E-state index in [-0.39, 0.29) is 5.91 Å². The van der Waals surface area contributed by atoms with Crippen LogP contribution in [-0.2, 0) is 6.54 Å². The summed E-state index contributed by atoms with van der Waals surface area (Å²) < 4.78 is 12.3. The van der Waals surface area contributed by atoms with Crippen molar-refractivity contribution in [3.8, 4) is 11.5 Å². The minimum absolute atomic E-state index is 0.149. The zero-order valence-electron chi connectivity index (χ0n) is 16.8. The molecule has 2 heterocycles. The van der Waals surface area contributed by atoms with Crippen molar-refractivity contribution in [2.45, 2.75) is 13.5 Å². The summed E-state index contributed by atoms with van der Waals surface area (Å²) >= 11 is 7.77. The summed E-state index contributed by atoms with van der Waals surface area (Å²) in [5.41, 5.74) is 3.27. The van der Waals surface area contributed by atoms with E-state index < -0.39 is 0 Å². The molecule has 0 saturated heterocycles. The lowest BCUT2D eigenvalue weighted by molar-refractivity contribution is 0.0984. The molecule has 0 spiro atoms. The number of hydrogen-bond acceptors (Lipinski definition) is 5. The predicted octanol–water partition coefficient (Wildman–Crippen LogP) is 5.88. The molecule has 0 aliphatic carbocycles. The number of nitrogens with zero attached hydrogens (tertiary/aromatic N) is 2. The number of amides is 1. The van der Waals surface area contributed by atoms with Crippen LogP contribution in [0.1, 0.15) is 21.5 Å². The van der Waals surface area contributed by atoms with E-state index in [4.69, 9.17) is 26.1 Å². The van der Waals surface area contributed by atoms with Gasteiger partial charge in [-0.2, -0.15) is 0 Å². The van der Waals surface area contributed by atoms with Crippen molar-refractivity contribution in [1.82, 2.24) is 4.98 Å². The van der Waals surface area contributed by atoms with E-state index in [1.54, 1.807) is 23.1 Å². The first-order valence-electron chi connectivity index (χ1n) is 9.91. The molecule has 1 aliphatic heterocycles. The lowest BCUT2D eigenvalue weighted by Crippen LogP contribution is -2.30. The van der Waals surface area contributed by atoms with Crippen LogP contribution in [0.4, 0.5) is 5.13 Å². The van der Waals surface area contributed by atoms with Crippen LogP contribution in [0, 0.1) is 6.92 Å². The molecule has 31 heavy (non-hydrogen) atoms. The zero-order valence-corrected chi connectivity index (χ0v) is 18.4. The van der Waals surface area contributed by atoms with Gasteiger partial charge in [0, 0.05) is 10.6 Å². The summed E-state index contributed by atoms with van der Waals surface area (Å²) in [6.45, 7) is 3.32. The number of carbonyl (C=O) groups excluding carboxylic acids is 1. The average molecular weight is 451 g/mol. The van der Waals surface area contributed by atoms with Gasteiger partial charge < -0.3 is 9.47 Å². The van der Waals surface area contributed by atoms with E-state index in [0.29, 0.717) is 47.0 Å². The van der Waals surface area contributed by atoms with Crippen molar-refractivity contribution in [3.05, 3.63) is 82.4 Å². The standard InChI is InChI=1S/C24H19ClN2O3S/c1-15-18(25)8-10-21-22(15)26-24(31-21)27(14-16-5-3-2-4-6-16)23(28)17-7-9-19-20(13-17)30-12-11-29-19/h2-10,13H,11-12,14H2,1H3. The Hall–Kier alpha value is -3.09. The van der Waals surface area contributed by atoms with Gasteiger partial charge in [-0.15, -0.1) is 0 Å². The number of rotatable bonds is 4. The Kier molecular flexibility index (Phi) is 5.26. The molecule has 0 bridgehead atoms. The van der Waals surface area contributed by atoms with Crippen molar-refractivity contribution < 1.29 is 14.3 Å². The minimum atomic E-state index is -0.149. The summed E-state index contributed by atoms with van der Waals surface area (Å²) in [6, 6.07) is 19.0. The number of aryl methyl sites for hydroxylation is 1. The molecule has 0 saturated carbocycles. The van der Waals surface area contributed by atoms with Gasteiger partial charge in [0.25, 0.3) is 5.91 Å². The van der Waals surface area contributed by atoms with Crippen molar-refractivity contribution in [3.63, 3.8) is 0 Å². The molecule has 0 unspecified atom stereocenters. The van der Waals surface area contributed by atoms with E-state index in [0.717, 1.165) is 21.3 Å². The molecule has 5 rings (SSSR count). The number of carbonyl (C=O) groups is 1. The highest BCUT2D eigenvalue weighted by Crippen LogP contribution is 2.36. The average Bonchev–Trinajstić information content (AvgIpc) is 3.25. The van der Waals surface area contributed by atoms with Gasteiger partial charge in [0.15, 0.2) is 16.6 Å². The van der Waals surface area contributed by atoms with Crippen LogP contribution in [0.15, 0.2) is 60.7 Å². The molecular weight excluding hydrogens is 432 g/mol. The second kappa shape index (κ2) is 8.21. The molecule has 1 amide bonds. The van der Waals surface area contributed by atoms with Crippen LogP contribution >= 0.6 is 22.9 Å². The number of benzene rings is 3. The minimum Gasteiger partial charge on any atom is -0.486 e. The smallest absolute Gasteiger partial charge is 0.260 e. The number of ether oxygens (including phenoxy) is 2. The zero-order chi connectivity index (χ0) is 21.4. The summed E-state index contributed by atoms with van der Waals surface area (Å²) in [5, 5.41) is 1.29. The molecule has 0 atom stereocenters. The Morgan fingerprint density at radius 1 is 1.06 bits per heavy atom. The van der Waals surface area contributed by atoms with Gasteiger partial charge in [-0.05, 0) is 48.4 Å². The maximum absolute atomic E-state index is 13.6. The molecule has 156 valence electrons. The summed E-state index contributed by atoms with van der Waals surface area (Å²) in [7, 11) is 0. The second-order valence-corrected chi connectivity index (χ2v) is 8.67. The van der Waals surface area contributed by atoms with Gasteiger partial charge in [0.2, 0.25) is 0 Å². The van der Waals surface area contributed by atoms with Gasteiger partial charge in [0.1, 0.15) is 13.2 Å². The number of hydrogen-bond donors (Lipinski definition) is 0. The maximum atomic E-state index is 13.6.